The SMILES string of the molecule is BrC1CCN(c2ncnc3c2CCCC3)CC1. The number of fused-ring (bicyclic) bond motifs is 1. The fourth-order valence-corrected chi connectivity index (χ4v) is 3.25. The Labute approximate surface area is 111 Å². The molecule has 1 aromatic heterocycles. The highest BCUT2D eigenvalue weighted by Crippen LogP contribution is 2.29. The van der Waals surface area contributed by atoms with Crippen LogP contribution in [-0.2, 0) is 12.8 Å². The summed E-state index contributed by atoms with van der Waals surface area (Å²) in [6.45, 7) is 2.25. The maximum Gasteiger partial charge on any atom is 0.135 e. The summed E-state index contributed by atoms with van der Waals surface area (Å²) in [6.07, 6.45) is 9.08. The molecule has 1 aliphatic carbocycles. The molecule has 0 amide bonds. The van der Waals surface area contributed by atoms with E-state index >= 15 is 0 Å². The maximum atomic E-state index is 4.54. The number of aromatic nitrogens is 2. The van der Waals surface area contributed by atoms with Gasteiger partial charge in [0.05, 0.1) is 0 Å². The number of piperidine rings is 1. The number of anilines is 1. The lowest BCUT2D eigenvalue weighted by Crippen LogP contribution is -2.35. The van der Waals surface area contributed by atoms with Gasteiger partial charge in [0, 0.05) is 29.2 Å². The van der Waals surface area contributed by atoms with Crippen molar-refractivity contribution in [2.75, 3.05) is 18.0 Å². The van der Waals surface area contributed by atoms with Gasteiger partial charge in [-0.05, 0) is 38.5 Å². The van der Waals surface area contributed by atoms with Gasteiger partial charge in [-0.2, -0.15) is 0 Å². The quantitative estimate of drug-likeness (QED) is 0.746. The second kappa shape index (κ2) is 4.92. The number of hydrogen-bond donors (Lipinski definition) is 0. The third-order valence-electron chi connectivity index (χ3n) is 3.83. The molecule has 92 valence electrons. The van der Waals surface area contributed by atoms with Crippen molar-refractivity contribution in [2.24, 2.45) is 0 Å². The van der Waals surface area contributed by atoms with Gasteiger partial charge < -0.3 is 4.90 Å². The van der Waals surface area contributed by atoms with E-state index in [1.165, 1.54) is 49.2 Å². The van der Waals surface area contributed by atoms with E-state index in [1.807, 2.05) is 0 Å². The Balaban J connectivity index is 1.87. The molecule has 1 aromatic rings. The predicted octanol–water partition coefficient (Wildman–Crippen LogP) is 2.72. The topological polar surface area (TPSA) is 29.0 Å². The second-order valence-electron chi connectivity index (χ2n) is 4.99. The van der Waals surface area contributed by atoms with Crippen LogP contribution in [0.4, 0.5) is 5.82 Å². The van der Waals surface area contributed by atoms with Crippen LogP contribution in [0.2, 0.25) is 0 Å². The summed E-state index contributed by atoms with van der Waals surface area (Å²) in [5.74, 6) is 1.22. The summed E-state index contributed by atoms with van der Waals surface area (Å²) in [6, 6.07) is 0. The van der Waals surface area contributed by atoms with Crippen LogP contribution in [0, 0.1) is 0 Å². The van der Waals surface area contributed by atoms with Crippen molar-refractivity contribution in [2.45, 2.75) is 43.4 Å². The lowest BCUT2D eigenvalue weighted by Gasteiger charge is -2.32. The fraction of sp³-hybridized carbons (Fsp3) is 0.692. The molecule has 0 N–H and O–H groups in total. The zero-order valence-electron chi connectivity index (χ0n) is 10.0. The first kappa shape index (κ1) is 11.5. The molecule has 0 bridgehead atoms. The van der Waals surface area contributed by atoms with E-state index in [4.69, 9.17) is 0 Å². The van der Waals surface area contributed by atoms with Crippen molar-refractivity contribution in [3.63, 3.8) is 0 Å². The van der Waals surface area contributed by atoms with Gasteiger partial charge in [-0.25, -0.2) is 9.97 Å². The van der Waals surface area contributed by atoms with Gasteiger partial charge in [0.2, 0.25) is 0 Å². The van der Waals surface area contributed by atoms with E-state index in [-0.39, 0.29) is 0 Å². The monoisotopic (exact) mass is 295 g/mol. The van der Waals surface area contributed by atoms with E-state index in [0.717, 1.165) is 19.5 Å². The number of alkyl halides is 1. The second-order valence-corrected chi connectivity index (χ2v) is 6.29. The van der Waals surface area contributed by atoms with E-state index in [0.29, 0.717) is 4.83 Å². The van der Waals surface area contributed by atoms with E-state index in [2.05, 4.69) is 30.8 Å². The van der Waals surface area contributed by atoms with Crippen LogP contribution in [0.1, 0.15) is 36.9 Å². The Hall–Kier alpha value is -0.640. The minimum absolute atomic E-state index is 0.691. The third-order valence-corrected chi connectivity index (χ3v) is 4.74. The molecule has 0 aromatic carbocycles. The molecular weight excluding hydrogens is 278 g/mol. The average molecular weight is 296 g/mol. The molecule has 1 aliphatic heterocycles. The van der Waals surface area contributed by atoms with Gasteiger partial charge in [0.15, 0.2) is 0 Å². The first-order chi connectivity index (χ1) is 8.34. The van der Waals surface area contributed by atoms with Gasteiger partial charge in [-0.3, -0.25) is 0 Å². The van der Waals surface area contributed by atoms with Crippen molar-refractivity contribution >= 4 is 21.7 Å². The van der Waals surface area contributed by atoms with Gasteiger partial charge >= 0.3 is 0 Å². The molecule has 4 heteroatoms. The molecule has 17 heavy (non-hydrogen) atoms. The standard InChI is InChI=1S/C13H18BrN3/c14-10-5-7-17(8-6-10)13-11-3-1-2-4-12(11)15-9-16-13/h9-10H,1-8H2. The lowest BCUT2D eigenvalue weighted by molar-refractivity contribution is 0.582. The van der Waals surface area contributed by atoms with E-state index in [1.54, 1.807) is 6.33 Å². The zero-order valence-corrected chi connectivity index (χ0v) is 11.6. The van der Waals surface area contributed by atoms with Crippen LogP contribution in [0.5, 0.6) is 0 Å². The minimum Gasteiger partial charge on any atom is -0.356 e. The molecule has 3 nitrogen and oxygen atoms in total. The van der Waals surface area contributed by atoms with Crippen LogP contribution in [0.3, 0.4) is 0 Å². The van der Waals surface area contributed by atoms with Gasteiger partial charge in [-0.1, -0.05) is 15.9 Å². The van der Waals surface area contributed by atoms with Crippen molar-refractivity contribution in [3.05, 3.63) is 17.6 Å². The third kappa shape index (κ3) is 2.32. The molecule has 1 fully saturated rings. The van der Waals surface area contributed by atoms with Crippen LogP contribution < -0.4 is 4.90 Å². The molecule has 0 unspecified atom stereocenters. The number of hydrogen-bond acceptors (Lipinski definition) is 3. The number of halogens is 1. The van der Waals surface area contributed by atoms with Crippen molar-refractivity contribution in [3.8, 4) is 0 Å². The van der Waals surface area contributed by atoms with Crippen molar-refractivity contribution in [1.29, 1.82) is 0 Å². The van der Waals surface area contributed by atoms with Gasteiger partial charge in [0.1, 0.15) is 12.1 Å². The van der Waals surface area contributed by atoms with Crippen LogP contribution in [-0.4, -0.2) is 27.9 Å². The number of nitrogens with zero attached hydrogens (tertiary/aromatic N) is 3. The van der Waals surface area contributed by atoms with Crippen LogP contribution in [0.15, 0.2) is 6.33 Å². The number of rotatable bonds is 1. The average Bonchev–Trinajstić information content (AvgIpc) is 2.39. The summed E-state index contributed by atoms with van der Waals surface area (Å²) < 4.78 is 0. The molecule has 0 spiro atoms. The predicted molar refractivity (Wildman–Crippen MR) is 72.8 cm³/mol. The van der Waals surface area contributed by atoms with E-state index < -0.39 is 0 Å². The molecule has 2 aliphatic rings. The fourth-order valence-electron chi connectivity index (χ4n) is 2.84. The highest BCUT2D eigenvalue weighted by molar-refractivity contribution is 9.09. The molecule has 0 radical (unpaired) electrons. The molecule has 0 atom stereocenters. The smallest absolute Gasteiger partial charge is 0.135 e. The minimum atomic E-state index is 0.691. The highest BCUT2D eigenvalue weighted by atomic mass is 79.9. The Bertz CT molecular complexity index is 400. The summed E-state index contributed by atoms with van der Waals surface area (Å²) in [5, 5.41) is 0. The van der Waals surface area contributed by atoms with Crippen LogP contribution in [0.25, 0.3) is 0 Å². The zero-order chi connectivity index (χ0) is 11.7. The first-order valence-corrected chi connectivity index (χ1v) is 7.48. The first-order valence-electron chi connectivity index (χ1n) is 6.56. The van der Waals surface area contributed by atoms with Crippen LogP contribution >= 0.6 is 15.9 Å². The Morgan fingerprint density at radius 3 is 2.71 bits per heavy atom. The maximum absolute atomic E-state index is 4.54. The molecule has 0 saturated carbocycles. The number of aryl methyl sites for hydroxylation is 1. The Morgan fingerprint density at radius 2 is 1.88 bits per heavy atom. The molecule has 2 heterocycles. The van der Waals surface area contributed by atoms with Crippen molar-refractivity contribution in [1.82, 2.24) is 9.97 Å². The summed E-state index contributed by atoms with van der Waals surface area (Å²) in [7, 11) is 0. The van der Waals surface area contributed by atoms with E-state index in [9.17, 15) is 0 Å². The largest absolute Gasteiger partial charge is 0.356 e. The Kier molecular flexibility index (Phi) is 3.32. The summed E-state index contributed by atoms with van der Waals surface area (Å²) in [5.41, 5.74) is 2.72. The Morgan fingerprint density at radius 1 is 1.12 bits per heavy atom. The highest BCUT2D eigenvalue weighted by Gasteiger charge is 2.23. The summed E-state index contributed by atoms with van der Waals surface area (Å²) >= 11 is 3.70. The molecule has 3 rings (SSSR count). The summed E-state index contributed by atoms with van der Waals surface area (Å²) in [4.78, 5) is 12.1. The van der Waals surface area contributed by atoms with Gasteiger partial charge in [-0.15, -0.1) is 0 Å². The lowest BCUT2D eigenvalue weighted by atomic mass is 9.96. The van der Waals surface area contributed by atoms with Gasteiger partial charge in [0.25, 0.3) is 0 Å². The van der Waals surface area contributed by atoms with Crippen molar-refractivity contribution < 1.29 is 0 Å². The molecule has 1 saturated heterocycles. The normalized spacial score (nSPS) is 21.4. The molecular formula is C13H18BrN3.